The normalized spacial score (nSPS) is 16.0. The van der Waals surface area contributed by atoms with Gasteiger partial charge in [-0.2, -0.15) is 0 Å². The molecule has 0 bridgehead atoms. The van der Waals surface area contributed by atoms with Crippen molar-refractivity contribution in [2.75, 3.05) is 6.26 Å². The summed E-state index contributed by atoms with van der Waals surface area (Å²) in [6.45, 7) is 5.75. The van der Waals surface area contributed by atoms with E-state index >= 15 is 0 Å². The van der Waals surface area contributed by atoms with Crippen LogP contribution in [0.25, 0.3) is 0 Å². The van der Waals surface area contributed by atoms with E-state index in [4.69, 9.17) is 0 Å². The van der Waals surface area contributed by atoms with Crippen molar-refractivity contribution in [1.29, 1.82) is 0 Å². The SMILES string of the molecule is CCC(C)NC(C)(C(=O)O)c1ccc(SC)cc1. The first-order valence-corrected chi connectivity index (χ1v) is 7.32. The van der Waals surface area contributed by atoms with Gasteiger partial charge in [-0.1, -0.05) is 19.1 Å². The highest BCUT2D eigenvalue weighted by Crippen LogP contribution is 2.25. The second-order valence-electron chi connectivity index (χ2n) is 4.61. The Bertz CT molecular complexity index is 405. The van der Waals surface area contributed by atoms with Crippen LogP contribution in [0.2, 0.25) is 0 Å². The zero-order valence-electron chi connectivity index (χ0n) is 11.4. The number of carboxylic acids is 1. The van der Waals surface area contributed by atoms with Crippen LogP contribution in [0.4, 0.5) is 0 Å². The van der Waals surface area contributed by atoms with Crippen LogP contribution in [0.15, 0.2) is 29.2 Å². The Balaban J connectivity index is 3.06. The number of thioether (sulfide) groups is 1. The summed E-state index contributed by atoms with van der Waals surface area (Å²) in [7, 11) is 0. The van der Waals surface area contributed by atoms with Crippen molar-refractivity contribution in [2.45, 2.75) is 43.7 Å². The van der Waals surface area contributed by atoms with Gasteiger partial charge < -0.3 is 5.11 Å². The minimum Gasteiger partial charge on any atom is -0.480 e. The molecule has 0 fully saturated rings. The highest BCUT2D eigenvalue weighted by molar-refractivity contribution is 7.98. The van der Waals surface area contributed by atoms with Gasteiger partial charge in [0, 0.05) is 10.9 Å². The highest BCUT2D eigenvalue weighted by atomic mass is 32.2. The Hall–Kier alpha value is -1.00. The van der Waals surface area contributed by atoms with E-state index in [0.717, 1.165) is 16.9 Å². The fourth-order valence-corrected chi connectivity index (χ4v) is 2.20. The van der Waals surface area contributed by atoms with Gasteiger partial charge in [0.05, 0.1) is 0 Å². The van der Waals surface area contributed by atoms with Gasteiger partial charge in [0.1, 0.15) is 5.54 Å². The molecule has 3 nitrogen and oxygen atoms in total. The zero-order valence-corrected chi connectivity index (χ0v) is 12.2. The van der Waals surface area contributed by atoms with Crippen molar-refractivity contribution in [1.82, 2.24) is 5.32 Å². The molecule has 0 aliphatic carbocycles. The van der Waals surface area contributed by atoms with Gasteiger partial charge in [-0.3, -0.25) is 5.32 Å². The second-order valence-corrected chi connectivity index (χ2v) is 5.49. The Morgan fingerprint density at radius 1 is 1.44 bits per heavy atom. The third-order valence-corrected chi connectivity index (χ3v) is 3.99. The number of carbonyl (C=O) groups is 1. The third-order valence-electron chi connectivity index (χ3n) is 3.24. The van der Waals surface area contributed by atoms with Crippen molar-refractivity contribution < 1.29 is 9.90 Å². The maximum Gasteiger partial charge on any atom is 0.328 e. The fourth-order valence-electron chi connectivity index (χ4n) is 1.79. The van der Waals surface area contributed by atoms with Gasteiger partial charge in [-0.15, -0.1) is 11.8 Å². The van der Waals surface area contributed by atoms with E-state index in [2.05, 4.69) is 5.32 Å². The Labute approximate surface area is 113 Å². The van der Waals surface area contributed by atoms with Crippen molar-refractivity contribution >= 4 is 17.7 Å². The maximum atomic E-state index is 11.6. The van der Waals surface area contributed by atoms with Crippen LogP contribution in [0, 0.1) is 0 Å². The van der Waals surface area contributed by atoms with E-state index in [1.807, 2.05) is 44.4 Å². The van der Waals surface area contributed by atoms with Crippen LogP contribution in [-0.4, -0.2) is 23.4 Å². The topological polar surface area (TPSA) is 49.3 Å². The van der Waals surface area contributed by atoms with Crippen molar-refractivity contribution in [3.8, 4) is 0 Å². The Morgan fingerprint density at radius 2 is 2.00 bits per heavy atom. The van der Waals surface area contributed by atoms with Gasteiger partial charge in [-0.05, 0) is 44.2 Å². The van der Waals surface area contributed by atoms with E-state index in [1.165, 1.54) is 0 Å². The van der Waals surface area contributed by atoms with Crippen LogP contribution in [0.5, 0.6) is 0 Å². The molecule has 0 aliphatic rings. The number of rotatable bonds is 6. The molecule has 0 radical (unpaired) electrons. The standard InChI is InChI=1S/C14H21NO2S/c1-5-10(2)15-14(3,13(16)17)11-6-8-12(18-4)9-7-11/h6-10,15H,5H2,1-4H3,(H,16,17). The number of carboxylic acid groups (broad SMARTS) is 1. The van der Waals surface area contributed by atoms with Gasteiger partial charge >= 0.3 is 5.97 Å². The zero-order chi connectivity index (χ0) is 13.8. The molecule has 0 heterocycles. The third kappa shape index (κ3) is 3.27. The quantitative estimate of drug-likeness (QED) is 0.778. The molecular weight excluding hydrogens is 246 g/mol. The number of nitrogens with one attached hydrogen (secondary N) is 1. The summed E-state index contributed by atoms with van der Waals surface area (Å²) in [5.41, 5.74) is -0.250. The summed E-state index contributed by atoms with van der Waals surface area (Å²) in [6.07, 6.45) is 2.90. The summed E-state index contributed by atoms with van der Waals surface area (Å²) < 4.78 is 0. The molecule has 1 rings (SSSR count). The smallest absolute Gasteiger partial charge is 0.328 e. The molecule has 0 aliphatic heterocycles. The molecule has 18 heavy (non-hydrogen) atoms. The van der Waals surface area contributed by atoms with E-state index in [9.17, 15) is 9.90 Å². The lowest BCUT2D eigenvalue weighted by Crippen LogP contribution is -2.50. The fraction of sp³-hybridized carbons (Fsp3) is 0.500. The number of benzene rings is 1. The van der Waals surface area contributed by atoms with Crippen LogP contribution in [0.1, 0.15) is 32.8 Å². The lowest BCUT2D eigenvalue weighted by molar-refractivity contribution is -0.145. The molecule has 2 N–H and O–H groups in total. The molecular formula is C14H21NO2S. The van der Waals surface area contributed by atoms with E-state index in [0.29, 0.717) is 0 Å². The summed E-state index contributed by atoms with van der Waals surface area (Å²) >= 11 is 1.65. The predicted molar refractivity (Wildman–Crippen MR) is 76.1 cm³/mol. The van der Waals surface area contributed by atoms with Crippen molar-refractivity contribution in [3.05, 3.63) is 29.8 Å². The first-order valence-electron chi connectivity index (χ1n) is 6.09. The molecule has 0 aromatic heterocycles. The van der Waals surface area contributed by atoms with Gasteiger partial charge in [0.2, 0.25) is 0 Å². The lowest BCUT2D eigenvalue weighted by atomic mass is 9.91. The average molecular weight is 267 g/mol. The highest BCUT2D eigenvalue weighted by Gasteiger charge is 2.35. The van der Waals surface area contributed by atoms with Crippen LogP contribution < -0.4 is 5.32 Å². The first kappa shape index (κ1) is 15.1. The van der Waals surface area contributed by atoms with E-state index < -0.39 is 11.5 Å². The molecule has 2 unspecified atom stereocenters. The first-order chi connectivity index (χ1) is 8.43. The number of hydrogen-bond acceptors (Lipinski definition) is 3. The predicted octanol–water partition coefficient (Wildman–Crippen LogP) is 3.10. The van der Waals surface area contributed by atoms with Crippen molar-refractivity contribution in [2.24, 2.45) is 0 Å². The monoisotopic (exact) mass is 267 g/mol. The Morgan fingerprint density at radius 3 is 2.39 bits per heavy atom. The lowest BCUT2D eigenvalue weighted by Gasteiger charge is -2.30. The van der Waals surface area contributed by atoms with Gasteiger partial charge in [0.25, 0.3) is 0 Å². The summed E-state index contributed by atoms with van der Waals surface area (Å²) in [5.74, 6) is -0.847. The average Bonchev–Trinajstić information content (AvgIpc) is 2.38. The molecule has 1 aromatic rings. The van der Waals surface area contributed by atoms with Crippen molar-refractivity contribution in [3.63, 3.8) is 0 Å². The van der Waals surface area contributed by atoms with Crippen LogP contribution in [0.3, 0.4) is 0 Å². The van der Waals surface area contributed by atoms with E-state index in [1.54, 1.807) is 18.7 Å². The molecule has 100 valence electrons. The molecule has 0 spiro atoms. The van der Waals surface area contributed by atoms with Crippen LogP contribution >= 0.6 is 11.8 Å². The largest absolute Gasteiger partial charge is 0.480 e. The van der Waals surface area contributed by atoms with E-state index in [-0.39, 0.29) is 6.04 Å². The summed E-state index contributed by atoms with van der Waals surface area (Å²) in [5, 5.41) is 12.7. The minimum absolute atomic E-state index is 0.159. The molecule has 0 saturated carbocycles. The Kier molecular flexibility index (Phi) is 5.23. The summed E-state index contributed by atoms with van der Waals surface area (Å²) in [4.78, 5) is 12.7. The molecule has 1 aromatic carbocycles. The number of aliphatic carboxylic acids is 1. The van der Waals surface area contributed by atoms with Gasteiger partial charge in [-0.25, -0.2) is 4.79 Å². The molecule has 0 amide bonds. The van der Waals surface area contributed by atoms with Crippen LogP contribution in [-0.2, 0) is 10.3 Å². The second kappa shape index (κ2) is 6.25. The molecule has 0 saturated heterocycles. The number of hydrogen-bond donors (Lipinski definition) is 2. The van der Waals surface area contributed by atoms with Gasteiger partial charge in [0.15, 0.2) is 0 Å². The molecule has 2 atom stereocenters. The summed E-state index contributed by atoms with van der Waals surface area (Å²) in [6, 6.07) is 7.84. The minimum atomic E-state index is -1.04. The molecule has 4 heteroatoms. The maximum absolute atomic E-state index is 11.6.